The molecule has 0 unspecified atom stereocenters. The van der Waals surface area contributed by atoms with E-state index in [1.807, 2.05) is 38.2 Å². The summed E-state index contributed by atoms with van der Waals surface area (Å²) in [5.74, 6) is -0.574. The first-order valence-electron chi connectivity index (χ1n) is 6.99. The zero-order valence-corrected chi connectivity index (χ0v) is 12.7. The first kappa shape index (κ1) is 15.4. The predicted octanol–water partition coefficient (Wildman–Crippen LogP) is 2.96. The first-order chi connectivity index (χ1) is 9.51. The van der Waals surface area contributed by atoms with Gasteiger partial charge in [-0.25, -0.2) is 0 Å². The Morgan fingerprint density at radius 3 is 2.70 bits per heavy atom. The first-order valence-corrected chi connectivity index (χ1v) is 6.99. The van der Waals surface area contributed by atoms with Crippen LogP contribution in [-0.4, -0.2) is 38.0 Å². The summed E-state index contributed by atoms with van der Waals surface area (Å²) >= 11 is 0. The van der Waals surface area contributed by atoms with Gasteiger partial charge in [0, 0.05) is 20.6 Å². The molecule has 0 aromatic rings. The highest BCUT2D eigenvalue weighted by Crippen LogP contribution is 2.40. The van der Waals surface area contributed by atoms with Crippen LogP contribution in [0.4, 0.5) is 0 Å². The Balaban J connectivity index is 1.99. The van der Waals surface area contributed by atoms with Crippen molar-refractivity contribution in [2.24, 2.45) is 0 Å². The number of methoxy groups -OCH3 is 2. The quantitative estimate of drug-likeness (QED) is 0.554. The van der Waals surface area contributed by atoms with Crippen molar-refractivity contribution in [3.8, 4) is 0 Å². The van der Waals surface area contributed by atoms with Crippen molar-refractivity contribution in [3.05, 3.63) is 36.5 Å². The average molecular weight is 280 g/mol. The molecule has 0 bridgehead atoms. The number of allylic oxidation sites excluding steroid dienone is 3. The molecule has 0 amide bonds. The second-order valence-electron chi connectivity index (χ2n) is 5.52. The van der Waals surface area contributed by atoms with Gasteiger partial charge < -0.3 is 18.9 Å². The molecule has 1 saturated heterocycles. The average Bonchev–Trinajstić information content (AvgIpc) is 2.69. The smallest absolute Gasteiger partial charge is 0.165 e. The van der Waals surface area contributed by atoms with E-state index in [1.165, 1.54) is 0 Å². The van der Waals surface area contributed by atoms with Crippen LogP contribution in [0.5, 0.6) is 0 Å². The minimum Gasteiger partial charge on any atom is -0.356 e. The standard InChI is InChI=1S/C16H24O4/c1-15(2)19-13-9-5-7-11-16(13,20-15)12-8-6-10-14(17-3)18-4/h5,7-9,11-14H,6,10H2,1-4H3/b12-8-/t13-,16-/m1/s1. The van der Waals surface area contributed by atoms with Crippen molar-refractivity contribution in [1.29, 1.82) is 0 Å². The van der Waals surface area contributed by atoms with Gasteiger partial charge in [0.05, 0.1) is 0 Å². The van der Waals surface area contributed by atoms with Gasteiger partial charge in [0.2, 0.25) is 0 Å². The minimum atomic E-state index is -0.574. The molecule has 4 heteroatoms. The zero-order chi connectivity index (χ0) is 14.6. The van der Waals surface area contributed by atoms with E-state index < -0.39 is 11.4 Å². The van der Waals surface area contributed by atoms with Crippen LogP contribution in [0, 0.1) is 0 Å². The summed E-state index contributed by atoms with van der Waals surface area (Å²) in [6.45, 7) is 3.88. The molecule has 4 nitrogen and oxygen atoms in total. The van der Waals surface area contributed by atoms with E-state index in [9.17, 15) is 0 Å². The Bertz CT molecular complexity index is 407. The fraction of sp³-hybridized carbons (Fsp3) is 0.625. The normalized spacial score (nSPS) is 31.4. The highest BCUT2D eigenvalue weighted by Gasteiger charge is 2.49. The number of rotatable bonds is 6. The fourth-order valence-electron chi connectivity index (χ4n) is 2.61. The molecule has 112 valence electrons. The van der Waals surface area contributed by atoms with Crippen LogP contribution >= 0.6 is 0 Å². The summed E-state index contributed by atoms with van der Waals surface area (Å²) in [5, 5.41) is 0. The summed E-state index contributed by atoms with van der Waals surface area (Å²) < 4.78 is 22.4. The number of hydrogen-bond donors (Lipinski definition) is 0. The molecule has 0 aromatic heterocycles. The van der Waals surface area contributed by atoms with Crippen LogP contribution in [0.1, 0.15) is 26.7 Å². The third kappa shape index (κ3) is 3.38. The van der Waals surface area contributed by atoms with E-state index in [-0.39, 0.29) is 12.4 Å². The molecule has 2 aliphatic rings. The van der Waals surface area contributed by atoms with Gasteiger partial charge in [0.15, 0.2) is 12.1 Å². The van der Waals surface area contributed by atoms with Gasteiger partial charge >= 0.3 is 0 Å². The largest absolute Gasteiger partial charge is 0.356 e. The van der Waals surface area contributed by atoms with Crippen LogP contribution < -0.4 is 0 Å². The van der Waals surface area contributed by atoms with Gasteiger partial charge in [-0.3, -0.25) is 0 Å². The molecular weight excluding hydrogens is 256 g/mol. The Hall–Kier alpha value is -0.940. The molecule has 1 aliphatic heterocycles. The summed E-state index contributed by atoms with van der Waals surface area (Å²) in [6.07, 6.45) is 13.7. The molecule has 20 heavy (non-hydrogen) atoms. The van der Waals surface area contributed by atoms with Crippen LogP contribution in [-0.2, 0) is 18.9 Å². The fourth-order valence-corrected chi connectivity index (χ4v) is 2.61. The summed E-state index contributed by atoms with van der Waals surface area (Å²) in [7, 11) is 3.30. The Labute approximate surface area is 121 Å². The Morgan fingerprint density at radius 1 is 1.25 bits per heavy atom. The minimum absolute atomic E-state index is 0.0700. The molecule has 1 aliphatic carbocycles. The van der Waals surface area contributed by atoms with Gasteiger partial charge in [0.25, 0.3) is 0 Å². The second kappa shape index (κ2) is 6.22. The lowest BCUT2D eigenvalue weighted by Gasteiger charge is -2.27. The van der Waals surface area contributed by atoms with Crippen molar-refractivity contribution < 1.29 is 18.9 Å². The van der Waals surface area contributed by atoms with E-state index in [0.29, 0.717) is 0 Å². The van der Waals surface area contributed by atoms with Crippen molar-refractivity contribution >= 4 is 0 Å². The molecule has 0 spiro atoms. The van der Waals surface area contributed by atoms with Gasteiger partial charge in [0.1, 0.15) is 11.7 Å². The third-order valence-electron chi connectivity index (χ3n) is 3.50. The van der Waals surface area contributed by atoms with Crippen molar-refractivity contribution in [3.63, 3.8) is 0 Å². The molecular formula is C16H24O4. The lowest BCUT2D eigenvalue weighted by molar-refractivity contribution is -0.147. The maximum Gasteiger partial charge on any atom is 0.165 e. The number of hydrogen-bond acceptors (Lipinski definition) is 4. The highest BCUT2D eigenvalue weighted by atomic mass is 16.8. The zero-order valence-electron chi connectivity index (χ0n) is 12.7. The maximum absolute atomic E-state index is 6.09. The van der Waals surface area contributed by atoms with Gasteiger partial charge in [-0.15, -0.1) is 0 Å². The lowest BCUT2D eigenvalue weighted by Crippen LogP contribution is -2.36. The summed E-state index contributed by atoms with van der Waals surface area (Å²) in [6, 6.07) is 0. The van der Waals surface area contributed by atoms with Gasteiger partial charge in [-0.1, -0.05) is 24.3 Å². The van der Waals surface area contributed by atoms with Crippen molar-refractivity contribution in [2.75, 3.05) is 14.2 Å². The van der Waals surface area contributed by atoms with Crippen molar-refractivity contribution in [2.45, 2.75) is 50.5 Å². The molecule has 0 radical (unpaired) electrons. The molecule has 1 fully saturated rings. The van der Waals surface area contributed by atoms with E-state index in [4.69, 9.17) is 18.9 Å². The lowest BCUT2D eigenvalue weighted by atomic mass is 9.91. The third-order valence-corrected chi connectivity index (χ3v) is 3.50. The summed E-state index contributed by atoms with van der Waals surface area (Å²) in [5.41, 5.74) is -0.492. The Kier molecular flexibility index (Phi) is 4.81. The molecule has 1 heterocycles. The van der Waals surface area contributed by atoms with E-state index in [2.05, 4.69) is 12.2 Å². The number of ether oxygens (including phenoxy) is 4. The maximum atomic E-state index is 6.09. The van der Waals surface area contributed by atoms with Crippen LogP contribution in [0.25, 0.3) is 0 Å². The van der Waals surface area contributed by atoms with Crippen LogP contribution in [0.2, 0.25) is 0 Å². The van der Waals surface area contributed by atoms with E-state index >= 15 is 0 Å². The van der Waals surface area contributed by atoms with E-state index in [1.54, 1.807) is 14.2 Å². The van der Waals surface area contributed by atoms with Gasteiger partial charge in [-0.2, -0.15) is 0 Å². The van der Waals surface area contributed by atoms with E-state index in [0.717, 1.165) is 12.8 Å². The molecule has 2 rings (SSSR count). The molecule has 0 N–H and O–H groups in total. The van der Waals surface area contributed by atoms with Crippen molar-refractivity contribution in [1.82, 2.24) is 0 Å². The number of fused-ring (bicyclic) bond motifs is 1. The Morgan fingerprint density at radius 2 is 2.00 bits per heavy atom. The highest BCUT2D eigenvalue weighted by molar-refractivity contribution is 5.32. The SMILES string of the molecule is COC(CC/C=C\[C@]12C=CC=C[C@H]1OC(C)(C)O2)OC. The predicted molar refractivity (Wildman–Crippen MR) is 77.2 cm³/mol. The summed E-state index contributed by atoms with van der Waals surface area (Å²) in [4.78, 5) is 0. The second-order valence-corrected chi connectivity index (χ2v) is 5.52. The topological polar surface area (TPSA) is 36.9 Å². The molecule has 0 aromatic carbocycles. The van der Waals surface area contributed by atoms with Crippen LogP contribution in [0.15, 0.2) is 36.5 Å². The monoisotopic (exact) mass is 280 g/mol. The van der Waals surface area contributed by atoms with Gasteiger partial charge in [-0.05, 0) is 32.4 Å². The molecule has 2 atom stereocenters. The van der Waals surface area contributed by atoms with Crippen LogP contribution in [0.3, 0.4) is 0 Å². The molecule has 0 saturated carbocycles.